The molecule has 3 N–H and O–H groups in total. The van der Waals surface area contributed by atoms with Gasteiger partial charge in [-0.05, 0) is 29.8 Å². The third kappa shape index (κ3) is 2.83. The van der Waals surface area contributed by atoms with Crippen molar-refractivity contribution in [3.63, 3.8) is 0 Å². The van der Waals surface area contributed by atoms with E-state index in [2.05, 4.69) is 10.4 Å². The molecule has 1 unspecified atom stereocenters. The fourth-order valence-corrected chi connectivity index (χ4v) is 1.98. The number of nitrogens with two attached hydrogens (primary N) is 1. The highest BCUT2D eigenvalue weighted by Crippen LogP contribution is 2.32. The number of nitrogens with one attached hydrogen (secondary N) is 1. The Bertz CT molecular complexity index is 531. The van der Waals surface area contributed by atoms with E-state index in [1.165, 1.54) is 0 Å². The van der Waals surface area contributed by atoms with E-state index in [-0.39, 0.29) is 6.04 Å². The highest BCUT2D eigenvalue weighted by Gasteiger charge is 2.18. The maximum absolute atomic E-state index is 5.68. The standard InChI is InChI=1S/C14H17N3O2/c1-18-11-5-6-13(19-2)12(8-11)14(17-15)10-4-3-7-16-9-10/h3-9,14,17H,15H2,1-2H3. The molecule has 0 amide bonds. The summed E-state index contributed by atoms with van der Waals surface area (Å²) in [5.74, 6) is 7.17. The molecule has 0 aliphatic heterocycles. The Balaban J connectivity index is 2.48. The lowest BCUT2D eigenvalue weighted by Gasteiger charge is -2.19. The summed E-state index contributed by atoms with van der Waals surface area (Å²) < 4.78 is 10.6. The van der Waals surface area contributed by atoms with E-state index in [9.17, 15) is 0 Å². The molecular weight excluding hydrogens is 242 g/mol. The SMILES string of the molecule is COc1ccc(OC)c(C(NN)c2cccnc2)c1. The number of aromatic nitrogens is 1. The predicted molar refractivity (Wildman–Crippen MR) is 72.9 cm³/mol. The molecule has 0 aliphatic carbocycles. The second-order valence-electron chi connectivity index (χ2n) is 3.99. The Morgan fingerprint density at radius 1 is 1.21 bits per heavy atom. The van der Waals surface area contributed by atoms with Crippen molar-refractivity contribution >= 4 is 0 Å². The van der Waals surface area contributed by atoms with Crippen molar-refractivity contribution in [3.8, 4) is 11.5 Å². The van der Waals surface area contributed by atoms with Crippen LogP contribution in [0.25, 0.3) is 0 Å². The molecule has 100 valence electrons. The van der Waals surface area contributed by atoms with Crippen molar-refractivity contribution in [2.24, 2.45) is 5.84 Å². The van der Waals surface area contributed by atoms with Crippen LogP contribution >= 0.6 is 0 Å². The van der Waals surface area contributed by atoms with Crippen LogP contribution in [0, 0.1) is 0 Å². The largest absolute Gasteiger partial charge is 0.497 e. The molecule has 0 bridgehead atoms. The number of hydrogen-bond donors (Lipinski definition) is 2. The van der Waals surface area contributed by atoms with Gasteiger partial charge < -0.3 is 9.47 Å². The molecule has 2 rings (SSSR count). The minimum Gasteiger partial charge on any atom is -0.497 e. The Kier molecular flexibility index (Phi) is 4.33. The monoisotopic (exact) mass is 259 g/mol. The molecule has 1 aromatic heterocycles. The Morgan fingerprint density at radius 3 is 2.63 bits per heavy atom. The summed E-state index contributed by atoms with van der Waals surface area (Å²) in [6, 6.07) is 9.21. The zero-order valence-electron chi connectivity index (χ0n) is 11.0. The first-order valence-electron chi connectivity index (χ1n) is 5.88. The molecular formula is C14H17N3O2. The third-order valence-electron chi connectivity index (χ3n) is 2.93. The second-order valence-corrected chi connectivity index (χ2v) is 3.99. The minimum absolute atomic E-state index is 0.209. The smallest absolute Gasteiger partial charge is 0.124 e. The molecule has 0 aliphatic rings. The molecule has 1 aromatic carbocycles. The van der Waals surface area contributed by atoms with Crippen molar-refractivity contribution in [2.45, 2.75) is 6.04 Å². The lowest BCUT2D eigenvalue weighted by Crippen LogP contribution is -2.29. The molecule has 5 heteroatoms. The first kappa shape index (κ1) is 13.3. The van der Waals surface area contributed by atoms with E-state index in [1.807, 2.05) is 30.3 Å². The van der Waals surface area contributed by atoms with E-state index >= 15 is 0 Å². The summed E-state index contributed by atoms with van der Waals surface area (Å²) in [6.45, 7) is 0. The van der Waals surface area contributed by atoms with Gasteiger partial charge in [0.2, 0.25) is 0 Å². The topological polar surface area (TPSA) is 69.4 Å². The fourth-order valence-electron chi connectivity index (χ4n) is 1.98. The van der Waals surface area contributed by atoms with Crippen LogP contribution in [0.5, 0.6) is 11.5 Å². The number of nitrogens with zero attached hydrogens (tertiary/aromatic N) is 1. The first-order chi connectivity index (χ1) is 9.30. The summed E-state index contributed by atoms with van der Waals surface area (Å²) in [7, 11) is 3.25. The van der Waals surface area contributed by atoms with Crippen LogP contribution in [0.15, 0.2) is 42.7 Å². The maximum atomic E-state index is 5.68. The lowest BCUT2D eigenvalue weighted by molar-refractivity contribution is 0.394. The Labute approximate surface area is 112 Å². The normalized spacial score (nSPS) is 11.9. The van der Waals surface area contributed by atoms with Gasteiger partial charge in [0.15, 0.2) is 0 Å². The van der Waals surface area contributed by atoms with E-state index in [1.54, 1.807) is 26.6 Å². The number of ether oxygens (including phenoxy) is 2. The number of benzene rings is 1. The zero-order valence-corrected chi connectivity index (χ0v) is 11.0. The summed E-state index contributed by atoms with van der Waals surface area (Å²) in [5, 5.41) is 0. The van der Waals surface area contributed by atoms with Gasteiger partial charge in [-0.15, -0.1) is 0 Å². The number of methoxy groups -OCH3 is 2. The van der Waals surface area contributed by atoms with Crippen LogP contribution < -0.4 is 20.7 Å². The minimum atomic E-state index is -0.209. The first-order valence-corrected chi connectivity index (χ1v) is 5.88. The second kappa shape index (κ2) is 6.17. The molecule has 0 saturated heterocycles. The number of hydrazine groups is 1. The van der Waals surface area contributed by atoms with Crippen LogP contribution in [-0.4, -0.2) is 19.2 Å². The fraction of sp³-hybridized carbons (Fsp3) is 0.214. The van der Waals surface area contributed by atoms with E-state index in [4.69, 9.17) is 15.3 Å². The highest BCUT2D eigenvalue weighted by molar-refractivity contribution is 5.45. The van der Waals surface area contributed by atoms with Crippen LogP contribution in [0.1, 0.15) is 17.2 Å². The van der Waals surface area contributed by atoms with Crippen molar-refractivity contribution in [3.05, 3.63) is 53.9 Å². The molecule has 0 radical (unpaired) electrons. The summed E-state index contributed by atoms with van der Waals surface area (Å²) in [6.07, 6.45) is 3.49. The van der Waals surface area contributed by atoms with E-state index in [0.717, 1.165) is 22.6 Å². The highest BCUT2D eigenvalue weighted by atomic mass is 16.5. The average Bonchev–Trinajstić information content (AvgIpc) is 2.49. The predicted octanol–water partition coefficient (Wildman–Crippen LogP) is 1.65. The Hall–Kier alpha value is -2.11. The summed E-state index contributed by atoms with van der Waals surface area (Å²) in [4.78, 5) is 4.11. The van der Waals surface area contributed by atoms with Crippen molar-refractivity contribution in [2.75, 3.05) is 14.2 Å². The van der Waals surface area contributed by atoms with Gasteiger partial charge in [-0.3, -0.25) is 10.8 Å². The average molecular weight is 259 g/mol. The molecule has 19 heavy (non-hydrogen) atoms. The maximum Gasteiger partial charge on any atom is 0.124 e. The third-order valence-corrected chi connectivity index (χ3v) is 2.93. The van der Waals surface area contributed by atoms with E-state index in [0.29, 0.717) is 0 Å². The number of pyridine rings is 1. The van der Waals surface area contributed by atoms with Crippen LogP contribution in [0.2, 0.25) is 0 Å². The van der Waals surface area contributed by atoms with Crippen molar-refractivity contribution in [1.29, 1.82) is 0 Å². The molecule has 1 atom stereocenters. The van der Waals surface area contributed by atoms with Gasteiger partial charge in [-0.25, -0.2) is 5.43 Å². The number of hydrogen-bond acceptors (Lipinski definition) is 5. The molecule has 0 saturated carbocycles. The molecule has 1 heterocycles. The summed E-state index contributed by atoms with van der Waals surface area (Å²) >= 11 is 0. The quantitative estimate of drug-likeness (QED) is 0.631. The van der Waals surface area contributed by atoms with Gasteiger partial charge in [-0.1, -0.05) is 6.07 Å². The van der Waals surface area contributed by atoms with Crippen molar-refractivity contribution < 1.29 is 9.47 Å². The van der Waals surface area contributed by atoms with Gasteiger partial charge in [-0.2, -0.15) is 0 Å². The lowest BCUT2D eigenvalue weighted by atomic mass is 9.99. The van der Waals surface area contributed by atoms with Crippen molar-refractivity contribution in [1.82, 2.24) is 10.4 Å². The Morgan fingerprint density at radius 2 is 2.05 bits per heavy atom. The van der Waals surface area contributed by atoms with Gasteiger partial charge in [0.25, 0.3) is 0 Å². The number of rotatable bonds is 5. The van der Waals surface area contributed by atoms with Crippen LogP contribution in [0.4, 0.5) is 0 Å². The van der Waals surface area contributed by atoms with Gasteiger partial charge in [0.05, 0.1) is 20.3 Å². The molecule has 0 fully saturated rings. The zero-order chi connectivity index (χ0) is 13.7. The molecule has 2 aromatic rings. The van der Waals surface area contributed by atoms with Crippen LogP contribution in [0.3, 0.4) is 0 Å². The van der Waals surface area contributed by atoms with E-state index < -0.39 is 0 Å². The molecule has 5 nitrogen and oxygen atoms in total. The van der Waals surface area contributed by atoms with Gasteiger partial charge in [0, 0.05) is 18.0 Å². The molecule has 0 spiro atoms. The summed E-state index contributed by atoms with van der Waals surface area (Å²) in [5.41, 5.74) is 4.64. The van der Waals surface area contributed by atoms with Crippen LogP contribution in [-0.2, 0) is 0 Å². The van der Waals surface area contributed by atoms with Gasteiger partial charge >= 0.3 is 0 Å². The van der Waals surface area contributed by atoms with Gasteiger partial charge in [0.1, 0.15) is 11.5 Å².